The Labute approximate surface area is 214 Å². The monoisotopic (exact) mass is 508 g/mol. The molecule has 2 atom stereocenters. The molecule has 2 amide bonds. The van der Waals surface area contributed by atoms with Crippen molar-refractivity contribution in [2.24, 2.45) is 0 Å². The first-order chi connectivity index (χ1) is 17.8. The molecular weight excluding hydrogens is 478 g/mol. The van der Waals surface area contributed by atoms with Gasteiger partial charge in [-0.1, -0.05) is 12.1 Å². The maximum atomic E-state index is 14.2. The Hall–Kier alpha value is -3.88. The van der Waals surface area contributed by atoms with Crippen LogP contribution in [-0.4, -0.2) is 49.0 Å². The summed E-state index contributed by atoms with van der Waals surface area (Å²) in [5.74, 6) is -1.32. The molecule has 0 saturated carbocycles. The molecule has 0 bridgehead atoms. The van der Waals surface area contributed by atoms with Crippen LogP contribution in [0.15, 0.2) is 59.9 Å². The van der Waals surface area contributed by atoms with Crippen LogP contribution in [0.3, 0.4) is 0 Å². The number of allylic oxidation sites excluding steroid dienone is 1. The van der Waals surface area contributed by atoms with Crippen LogP contribution in [-0.2, 0) is 16.0 Å². The Kier molecular flexibility index (Phi) is 6.86. The zero-order valence-corrected chi connectivity index (χ0v) is 20.9. The van der Waals surface area contributed by atoms with Gasteiger partial charge in [0.2, 0.25) is 5.91 Å². The third kappa shape index (κ3) is 5.16. The lowest BCUT2D eigenvalue weighted by molar-refractivity contribution is -0.119. The van der Waals surface area contributed by atoms with Gasteiger partial charge in [0.25, 0.3) is 5.91 Å². The fourth-order valence-corrected chi connectivity index (χ4v) is 5.13. The molecule has 7 nitrogen and oxygen atoms in total. The van der Waals surface area contributed by atoms with Gasteiger partial charge in [-0.15, -0.1) is 0 Å². The third-order valence-electron chi connectivity index (χ3n) is 7.03. The Balaban J connectivity index is 1.21. The van der Waals surface area contributed by atoms with E-state index in [2.05, 4.69) is 15.5 Å². The molecule has 1 saturated heterocycles. The normalized spacial score (nSPS) is 19.5. The predicted octanol–water partition coefficient (Wildman–Crippen LogP) is 3.58. The molecule has 0 spiro atoms. The summed E-state index contributed by atoms with van der Waals surface area (Å²) in [7, 11) is 0. The molecule has 0 unspecified atom stereocenters. The highest BCUT2D eigenvalue weighted by atomic mass is 19.2. The number of carbonyl (C=O) groups excluding carboxylic acids is 2. The number of ether oxygens (including phenoxy) is 1. The minimum atomic E-state index is -0.894. The second-order valence-corrected chi connectivity index (χ2v) is 9.60. The van der Waals surface area contributed by atoms with Crippen LogP contribution in [0.1, 0.15) is 37.4 Å². The smallest absolute Gasteiger partial charge is 0.274 e. The average Bonchev–Trinajstić information content (AvgIpc) is 3.54. The molecule has 2 aromatic carbocycles. The van der Waals surface area contributed by atoms with E-state index in [9.17, 15) is 18.4 Å². The predicted molar refractivity (Wildman–Crippen MR) is 136 cm³/mol. The van der Waals surface area contributed by atoms with E-state index in [-0.39, 0.29) is 29.5 Å². The topological polar surface area (TPSA) is 73.9 Å². The van der Waals surface area contributed by atoms with Crippen LogP contribution in [0.5, 0.6) is 5.75 Å². The SMILES string of the molecule is CC(=O)N[C@@H](C)c1ccc(O[C@@H]2CCN(C3=CCNC(C(=O)N4CCc5c4ccc(F)c5F)=C3)C2)cc1. The van der Waals surface area contributed by atoms with Crippen molar-refractivity contribution in [1.29, 1.82) is 0 Å². The average molecular weight is 509 g/mol. The van der Waals surface area contributed by atoms with Crippen molar-refractivity contribution in [3.05, 3.63) is 82.7 Å². The third-order valence-corrected chi connectivity index (χ3v) is 7.03. The number of anilines is 1. The fourth-order valence-electron chi connectivity index (χ4n) is 5.13. The molecule has 3 aliphatic heterocycles. The van der Waals surface area contributed by atoms with Crippen LogP contribution in [0.4, 0.5) is 14.5 Å². The van der Waals surface area contributed by atoms with E-state index in [0.717, 1.165) is 36.0 Å². The standard InChI is InChI=1S/C28H30F2N4O3/c1-17(32-18(2)35)19-3-5-21(6-4-19)37-22-10-13-33(16-22)20-9-12-31-25(15-20)28(36)34-14-11-23-26(34)8-7-24(29)27(23)30/h3-9,15,17,22,31H,10-14,16H2,1-2H3,(H,32,35)/t17-,22+/m0/s1. The first-order valence-electron chi connectivity index (χ1n) is 12.5. The van der Waals surface area contributed by atoms with Gasteiger partial charge in [0, 0.05) is 44.2 Å². The van der Waals surface area contributed by atoms with Crippen molar-refractivity contribution >= 4 is 17.5 Å². The molecule has 0 aliphatic carbocycles. The highest BCUT2D eigenvalue weighted by Crippen LogP contribution is 2.33. The van der Waals surface area contributed by atoms with E-state index in [4.69, 9.17) is 4.74 Å². The summed E-state index contributed by atoms with van der Waals surface area (Å²) in [6, 6.07) is 10.2. The zero-order chi connectivity index (χ0) is 26.1. The van der Waals surface area contributed by atoms with E-state index in [0.29, 0.717) is 37.4 Å². The molecule has 2 N–H and O–H groups in total. The fraction of sp³-hybridized carbons (Fsp3) is 0.357. The van der Waals surface area contributed by atoms with Gasteiger partial charge in [0.1, 0.15) is 17.6 Å². The summed E-state index contributed by atoms with van der Waals surface area (Å²) >= 11 is 0. The number of fused-ring (bicyclic) bond motifs is 1. The first-order valence-corrected chi connectivity index (χ1v) is 12.5. The Morgan fingerprint density at radius 3 is 2.68 bits per heavy atom. The van der Waals surface area contributed by atoms with E-state index < -0.39 is 11.6 Å². The lowest BCUT2D eigenvalue weighted by atomic mass is 10.1. The number of rotatable bonds is 6. The maximum absolute atomic E-state index is 14.2. The van der Waals surface area contributed by atoms with Crippen molar-refractivity contribution in [2.75, 3.05) is 31.1 Å². The number of nitrogens with zero attached hydrogens (tertiary/aromatic N) is 2. The van der Waals surface area contributed by atoms with Crippen LogP contribution >= 0.6 is 0 Å². The van der Waals surface area contributed by atoms with Crippen molar-refractivity contribution in [3.8, 4) is 5.75 Å². The lowest BCUT2D eigenvalue weighted by Crippen LogP contribution is -2.38. The van der Waals surface area contributed by atoms with Crippen molar-refractivity contribution in [3.63, 3.8) is 0 Å². The number of benzene rings is 2. The number of hydrogen-bond acceptors (Lipinski definition) is 5. The van der Waals surface area contributed by atoms with Crippen molar-refractivity contribution in [1.82, 2.24) is 15.5 Å². The Bertz CT molecular complexity index is 1270. The molecule has 194 valence electrons. The summed E-state index contributed by atoms with van der Waals surface area (Å²) in [6.07, 6.45) is 4.99. The molecule has 3 aliphatic rings. The van der Waals surface area contributed by atoms with Gasteiger partial charge < -0.3 is 25.2 Å². The number of nitrogens with one attached hydrogen (secondary N) is 2. The molecule has 2 aromatic rings. The zero-order valence-electron chi connectivity index (χ0n) is 20.9. The van der Waals surface area contributed by atoms with Gasteiger partial charge in [-0.25, -0.2) is 8.78 Å². The van der Waals surface area contributed by atoms with Gasteiger partial charge >= 0.3 is 0 Å². The summed E-state index contributed by atoms with van der Waals surface area (Å²) < 4.78 is 34.0. The number of amides is 2. The van der Waals surface area contributed by atoms with Crippen LogP contribution < -0.4 is 20.3 Å². The largest absolute Gasteiger partial charge is 0.489 e. The second-order valence-electron chi connectivity index (χ2n) is 9.60. The van der Waals surface area contributed by atoms with Crippen LogP contribution in [0.25, 0.3) is 0 Å². The van der Waals surface area contributed by atoms with Gasteiger partial charge in [-0.3, -0.25) is 9.59 Å². The van der Waals surface area contributed by atoms with Gasteiger partial charge in [-0.2, -0.15) is 0 Å². The number of dihydropyridines is 1. The maximum Gasteiger partial charge on any atom is 0.274 e. The van der Waals surface area contributed by atoms with E-state index in [1.807, 2.05) is 43.3 Å². The second kappa shape index (κ2) is 10.2. The summed E-state index contributed by atoms with van der Waals surface area (Å²) in [5, 5.41) is 6.00. The molecule has 0 radical (unpaired) electrons. The number of hydrogen-bond donors (Lipinski definition) is 2. The molecule has 37 heavy (non-hydrogen) atoms. The lowest BCUT2D eigenvalue weighted by Gasteiger charge is -2.26. The van der Waals surface area contributed by atoms with Crippen molar-refractivity contribution < 1.29 is 23.1 Å². The van der Waals surface area contributed by atoms with Gasteiger partial charge in [-0.05, 0) is 55.3 Å². The van der Waals surface area contributed by atoms with Crippen molar-refractivity contribution in [2.45, 2.75) is 38.8 Å². The Morgan fingerprint density at radius 2 is 1.92 bits per heavy atom. The van der Waals surface area contributed by atoms with Crippen LogP contribution in [0.2, 0.25) is 0 Å². The highest BCUT2D eigenvalue weighted by Gasteiger charge is 2.32. The number of carbonyl (C=O) groups is 2. The molecule has 0 aromatic heterocycles. The van der Waals surface area contributed by atoms with E-state index in [1.165, 1.54) is 17.9 Å². The Morgan fingerprint density at radius 1 is 1.14 bits per heavy atom. The minimum absolute atomic E-state index is 0.00489. The quantitative estimate of drug-likeness (QED) is 0.624. The number of halogens is 2. The first kappa shape index (κ1) is 24.8. The minimum Gasteiger partial charge on any atom is -0.489 e. The number of likely N-dealkylation sites (tertiary alicyclic amines) is 1. The van der Waals surface area contributed by atoms with E-state index in [1.54, 1.807) is 0 Å². The molecular formula is C28H30F2N4O3. The summed E-state index contributed by atoms with van der Waals surface area (Å²) in [4.78, 5) is 28.2. The molecule has 5 rings (SSSR count). The summed E-state index contributed by atoms with van der Waals surface area (Å²) in [5.41, 5.74) is 3.06. The van der Waals surface area contributed by atoms with Gasteiger partial charge in [0.15, 0.2) is 11.6 Å². The van der Waals surface area contributed by atoms with Gasteiger partial charge in [0.05, 0.1) is 18.3 Å². The summed E-state index contributed by atoms with van der Waals surface area (Å²) in [6.45, 7) is 5.73. The molecule has 1 fully saturated rings. The molecule has 3 heterocycles. The van der Waals surface area contributed by atoms with E-state index >= 15 is 0 Å². The van der Waals surface area contributed by atoms with Crippen LogP contribution in [0, 0.1) is 11.6 Å². The highest BCUT2D eigenvalue weighted by molar-refractivity contribution is 6.06. The molecule has 9 heteroatoms.